The lowest BCUT2D eigenvalue weighted by atomic mass is 10.1. The van der Waals surface area contributed by atoms with Crippen molar-refractivity contribution in [2.24, 2.45) is 10.9 Å². The lowest BCUT2D eigenvalue weighted by Gasteiger charge is -2.27. The highest BCUT2D eigenvalue weighted by Crippen LogP contribution is 2.19. The number of rotatable bonds is 10. The summed E-state index contributed by atoms with van der Waals surface area (Å²) in [6, 6.07) is 8.81. The quantitative estimate of drug-likeness (QED) is 0.361. The molecule has 2 fully saturated rings. The van der Waals surface area contributed by atoms with Gasteiger partial charge < -0.3 is 19.7 Å². The second kappa shape index (κ2) is 12.9. The van der Waals surface area contributed by atoms with Gasteiger partial charge in [-0.2, -0.15) is 0 Å². The lowest BCUT2D eigenvalue weighted by molar-refractivity contribution is 0.0536. The number of nitrogens with one attached hydrogen (secondary N) is 1. The molecular formula is C24H40N4O2. The van der Waals surface area contributed by atoms with Gasteiger partial charge in [0, 0.05) is 39.2 Å². The van der Waals surface area contributed by atoms with E-state index < -0.39 is 0 Å². The Labute approximate surface area is 182 Å². The predicted octanol–water partition coefficient (Wildman–Crippen LogP) is 3.12. The van der Waals surface area contributed by atoms with Crippen molar-refractivity contribution in [3.63, 3.8) is 0 Å². The minimum absolute atomic E-state index is 0.567. The Balaban J connectivity index is 1.57. The van der Waals surface area contributed by atoms with Crippen molar-refractivity contribution < 1.29 is 9.47 Å². The molecule has 0 radical (unpaired) electrons. The molecule has 0 bridgehead atoms. The number of likely N-dealkylation sites (tertiary alicyclic amines) is 2. The summed E-state index contributed by atoms with van der Waals surface area (Å²) in [6.45, 7) is 11.5. The van der Waals surface area contributed by atoms with E-state index in [1.165, 1.54) is 43.5 Å². The molecular weight excluding hydrogens is 376 g/mol. The van der Waals surface area contributed by atoms with E-state index >= 15 is 0 Å². The van der Waals surface area contributed by atoms with Crippen LogP contribution in [0.1, 0.15) is 43.7 Å². The highest BCUT2D eigenvalue weighted by molar-refractivity contribution is 5.80. The van der Waals surface area contributed by atoms with Crippen molar-refractivity contribution in [2.45, 2.75) is 45.7 Å². The van der Waals surface area contributed by atoms with Crippen LogP contribution in [-0.4, -0.2) is 75.4 Å². The van der Waals surface area contributed by atoms with E-state index in [9.17, 15) is 0 Å². The standard InChI is InChI=1S/C24H40N4O2/c1-3-25-24(28-14-11-21(18-28)20-30-16-15-29-2)26-17-22-9-5-6-10-23(22)19-27-12-7-4-8-13-27/h5-6,9-10,21H,3-4,7-8,11-20H2,1-2H3,(H,25,26). The van der Waals surface area contributed by atoms with Crippen LogP contribution >= 0.6 is 0 Å². The van der Waals surface area contributed by atoms with Crippen LogP contribution in [0.3, 0.4) is 0 Å². The van der Waals surface area contributed by atoms with Crippen molar-refractivity contribution in [1.82, 2.24) is 15.1 Å². The van der Waals surface area contributed by atoms with Crippen molar-refractivity contribution in [3.8, 4) is 0 Å². The Bertz CT molecular complexity index is 646. The number of nitrogens with zero attached hydrogens (tertiary/aromatic N) is 3. The van der Waals surface area contributed by atoms with E-state index in [4.69, 9.17) is 14.5 Å². The fourth-order valence-corrected chi connectivity index (χ4v) is 4.36. The van der Waals surface area contributed by atoms with Gasteiger partial charge in [0.05, 0.1) is 26.4 Å². The first-order chi connectivity index (χ1) is 14.8. The van der Waals surface area contributed by atoms with Gasteiger partial charge in [-0.05, 0) is 50.4 Å². The van der Waals surface area contributed by atoms with Gasteiger partial charge in [0.2, 0.25) is 0 Å². The summed E-state index contributed by atoms with van der Waals surface area (Å²) < 4.78 is 10.8. The van der Waals surface area contributed by atoms with Gasteiger partial charge in [-0.15, -0.1) is 0 Å². The molecule has 2 aliphatic heterocycles. The van der Waals surface area contributed by atoms with E-state index in [-0.39, 0.29) is 0 Å². The van der Waals surface area contributed by atoms with Crippen LogP contribution in [0.15, 0.2) is 29.3 Å². The molecule has 168 valence electrons. The molecule has 1 unspecified atom stereocenters. The maximum Gasteiger partial charge on any atom is 0.194 e. The van der Waals surface area contributed by atoms with Crippen LogP contribution in [0, 0.1) is 5.92 Å². The second-order valence-electron chi connectivity index (χ2n) is 8.44. The van der Waals surface area contributed by atoms with E-state index in [1.807, 2.05) is 0 Å². The fourth-order valence-electron chi connectivity index (χ4n) is 4.36. The molecule has 0 saturated carbocycles. The van der Waals surface area contributed by atoms with Gasteiger partial charge in [0.15, 0.2) is 5.96 Å². The number of aliphatic imine (C=N–C) groups is 1. The van der Waals surface area contributed by atoms with Crippen molar-refractivity contribution >= 4 is 5.96 Å². The average molecular weight is 417 g/mol. The third-order valence-electron chi connectivity index (χ3n) is 6.07. The molecule has 1 aromatic rings. The van der Waals surface area contributed by atoms with Crippen molar-refractivity contribution in [3.05, 3.63) is 35.4 Å². The Morgan fingerprint density at radius 1 is 1.10 bits per heavy atom. The second-order valence-corrected chi connectivity index (χ2v) is 8.44. The van der Waals surface area contributed by atoms with Gasteiger partial charge in [0.25, 0.3) is 0 Å². The number of hydrogen-bond donors (Lipinski definition) is 1. The van der Waals surface area contributed by atoms with Gasteiger partial charge in [-0.3, -0.25) is 4.90 Å². The first-order valence-corrected chi connectivity index (χ1v) is 11.7. The molecule has 6 heteroatoms. The summed E-state index contributed by atoms with van der Waals surface area (Å²) in [7, 11) is 1.71. The molecule has 2 heterocycles. The first-order valence-electron chi connectivity index (χ1n) is 11.7. The van der Waals surface area contributed by atoms with E-state index in [0.717, 1.165) is 51.7 Å². The van der Waals surface area contributed by atoms with Crippen molar-refractivity contribution in [1.29, 1.82) is 0 Å². The van der Waals surface area contributed by atoms with E-state index in [0.29, 0.717) is 19.1 Å². The SMILES string of the molecule is CCNC(=NCc1ccccc1CN1CCCCC1)N1CCC(COCCOC)C1. The Hall–Kier alpha value is -1.63. The minimum Gasteiger partial charge on any atom is -0.382 e. The van der Waals surface area contributed by atoms with Crippen LogP contribution in [0.2, 0.25) is 0 Å². The Kier molecular flexibility index (Phi) is 9.93. The first kappa shape index (κ1) is 23.0. The topological polar surface area (TPSA) is 49.3 Å². The smallest absolute Gasteiger partial charge is 0.194 e. The van der Waals surface area contributed by atoms with Crippen LogP contribution in [0.4, 0.5) is 0 Å². The van der Waals surface area contributed by atoms with Gasteiger partial charge >= 0.3 is 0 Å². The predicted molar refractivity (Wildman–Crippen MR) is 123 cm³/mol. The molecule has 0 aromatic heterocycles. The summed E-state index contributed by atoms with van der Waals surface area (Å²) >= 11 is 0. The number of ether oxygens (including phenoxy) is 2. The van der Waals surface area contributed by atoms with E-state index in [1.54, 1.807) is 7.11 Å². The lowest BCUT2D eigenvalue weighted by Crippen LogP contribution is -2.40. The molecule has 0 spiro atoms. The Morgan fingerprint density at radius 3 is 2.67 bits per heavy atom. The Morgan fingerprint density at radius 2 is 1.90 bits per heavy atom. The molecule has 0 aliphatic carbocycles. The number of benzene rings is 1. The van der Waals surface area contributed by atoms with Gasteiger partial charge in [-0.1, -0.05) is 30.7 Å². The number of methoxy groups -OCH3 is 1. The molecule has 30 heavy (non-hydrogen) atoms. The van der Waals surface area contributed by atoms with Crippen LogP contribution < -0.4 is 5.32 Å². The van der Waals surface area contributed by atoms with Gasteiger partial charge in [0.1, 0.15) is 0 Å². The normalized spacial score (nSPS) is 20.7. The minimum atomic E-state index is 0.567. The highest BCUT2D eigenvalue weighted by atomic mass is 16.5. The third-order valence-corrected chi connectivity index (χ3v) is 6.07. The summed E-state index contributed by atoms with van der Waals surface area (Å²) in [5, 5.41) is 3.50. The zero-order valence-electron chi connectivity index (χ0n) is 18.9. The fraction of sp³-hybridized carbons (Fsp3) is 0.708. The third kappa shape index (κ3) is 7.25. The summed E-state index contributed by atoms with van der Waals surface area (Å²) in [6.07, 6.45) is 5.19. The molecule has 6 nitrogen and oxygen atoms in total. The van der Waals surface area contributed by atoms with Crippen LogP contribution in [-0.2, 0) is 22.6 Å². The van der Waals surface area contributed by atoms with Crippen LogP contribution in [0.5, 0.6) is 0 Å². The number of hydrogen-bond acceptors (Lipinski definition) is 4. The molecule has 2 saturated heterocycles. The summed E-state index contributed by atoms with van der Waals surface area (Å²) in [5.41, 5.74) is 2.77. The maximum atomic E-state index is 5.75. The molecule has 2 aliphatic rings. The molecule has 0 amide bonds. The van der Waals surface area contributed by atoms with Crippen LogP contribution in [0.25, 0.3) is 0 Å². The number of guanidine groups is 1. The summed E-state index contributed by atoms with van der Waals surface area (Å²) in [4.78, 5) is 9.99. The number of piperidine rings is 1. The maximum absolute atomic E-state index is 5.75. The summed E-state index contributed by atoms with van der Waals surface area (Å²) in [5.74, 6) is 1.60. The molecule has 1 aromatic carbocycles. The zero-order valence-corrected chi connectivity index (χ0v) is 18.9. The molecule has 1 N–H and O–H groups in total. The average Bonchev–Trinajstić information content (AvgIpc) is 3.25. The van der Waals surface area contributed by atoms with Crippen molar-refractivity contribution in [2.75, 3.05) is 59.7 Å². The van der Waals surface area contributed by atoms with E-state index in [2.05, 4.69) is 46.3 Å². The van der Waals surface area contributed by atoms with Gasteiger partial charge in [-0.25, -0.2) is 4.99 Å². The molecule has 1 atom stereocenters. The monoisotopic (exact) mass is 416 g/mol. The highest BCUT2D eigenvalue weighted by Gasteiger charge is 2.25. The molecule has 3 rings (SSSR count). The zero-order chi connectivity index (χ0) is 21.0. The largest absolute Gasteiger partial charge is 0.382 e.